The third kappa shape index (κ3) is 3.62. The molecule has 5 heteroatoms. The molecule has 26 heavy (non-hydrogen) atoms. The van der Waals surface area contributed by atoms with Gasteiger partial charge in [-0.1, -0.05) is 30.4 Å². The number of allylic oxidation sites excluding steroid dienone is 1. The van der Waals surface area contributed by atoms with Crippen molar-refractivity contribution < 1.29 is 23.8 Å². The summed E-state index contributed by atoms with van der Waals surface area (Å²) in [5.74, 6) is 0.837. The summed E-state index contributed by atoms with van der Waals surface area (Å²) in [7, 11) is 1.41. The Bertz CT molecular complexity index is 708. The van der Waals surface area contributed by atoms with Gasteiger partial charge in [0.05, 0.1) is 7.11 Å². The van der Waals surface area contributed by atoms with Gasteiger partial charge in [-0.05, 0) is 25.3 Å². The van der Waals surface area contributed by atoms with E-state index in [1.807, 2.05) is 19.1 Å². The predicted octanol–water partition coefficient (Wildman–Crippen LogP) is 3.55. The van der Waals surface area contributed by atoms with Crippen molar-refractivity contribution in [1.82, 2.24) is 0 Å². The number of hydrogen-bond acceptors (Lipinski definition) is 5. The predicted molar refractivity (Wildman–Crippen MR) is 97.0 cm³/mol. The number of benzene rings is 1. The summed E-state index contributed by atoms with van der Waals surface area (Å²) in [5, 5.41) is 0. The van der Waals surface area contributed by atoms with Crippen molar-refractivity contribution in [2.24, 2.45) is 5.92 Å². The van der Waals surface area contributed by atoms with Crippen LogP contribution in [0.15, 0.2) is 30.4 Å². The summed E-state index contributed by atoms with van der Waals surface area (Å²) < 4.78 is 16.5. The zero-order chi connectivity index (χ0) is 18.7. The Morgan fingerprint density at radius 2 is 2.15 bits per heavy atom. The summed E-state index contributed by atoms with van der Waals surface area (Å²) >= 11 is 0. The zero-order valence-corrected chi connectivity index (χ0v) is 15.6. The second-order valence-corrected chi connectivity index (χ2v) is 6.93. The number of methoxy groups -OCH3 is 1. The maximum Gasteiger partial charge on any atom is 0.305 e. The monoisotopic (exact) mass is 358 g/mol. The molecule has 1 aliphatic heterocycles. The van der Waals surface area contributed by atoms with Crippen LogP contribution in [0.3, 0.4) is 0 Å². The van der Waals surface area contributed by atoms with Gasteiger partial charge < -0.3 is 14.2 Å². The van der Waals surface area contributed by atoms with E-state index in [1.165, 1.54) is 19.6 Å². The topological polar surface area (TPSA) is 61.8 Å². The number of hydrogen-bond donors (Lipinski definition) is 0. The summed E-state index contributed by atoms with van der Waals surface area (Å²) in [4.78, 5) is 22.8. The van der Waals surface area contributed by atoms with E-state index in [9.17, 15) is 9.59 Å². The van der Waals surface area contributed by atoms with Crippen molar-refractivity contribution in [2.45, 2.75) is 57.7 Å². The van der Waals surface area contributed by atoms with E-state index in [-0.39, 0.29) is 36.0 Å². The van der Waals surface area contributed by atoms with Gasteiger partial charge in [-0.2, -0.15) is 0 Å². The SMILES string of the molecule is C/C=C/[C@@H]1[C@H]2c3cccc(CCCC(=O)OC)c3O[C@H]2C[C@H]1OC(C)=O. The highest BCUT2D eigenvalue weighted by molar-refractivity contribution is 5.69. The number of para-hydroxylation sites is 1. The molecule has 0 amide bonds. The summed E-state index contributed by atoms with van der Waals surface area (Å²) in [5.41, 5.74) is 2.31. The first kappa shape index (κ1) is 18.5. The van der Waals surface area contributed by atoms with Gasteiger partial charge in [-0.3, -0.25) is 9.59 Å². The molecule has 0 radical (unpaired) electrons. The fourth-order valence-electron chi connectivity index (χ4n) is 4.23. The fourth-order valence-corrected chi connectivity index (χ4v) is 4.23. The van der Waals surface area contributed by atoms with Crippen molar-refractivity contribution in [2.75, 3.05) is 7.11 Å². The van der Waals surface area contributed by atoms with Crippen molar-refractivity contribution in [1.29, 1.82) is 0 Å². The van der Waals surface area contributed by atoms with Crippen LogP contribution in [0.25, 0.3) is 0 Å². The maximum absolute atomic E-state index is 11.4. The Labute approximate surface area is 154 Å². The molecule has 1 fully saturated rings. The lowest BCUT2D eigenvalue weighted by atomic mass is 9.86. The molecule has 0 unspecified atom stereocenters. The molecule has 0 N–H and O–H groups in total. The number of esters is 2. The lowest BCUT2D eigenvalue weighted by Crippen LogP contribution is -2.22. The maximum atomic E-state index is 11.4. The number of carbonyl (C=O) groups is 2. The molecule has 0 spiro atoms. The standard InChI is InChI=1S/C21H26O5/c1-4-7-15-17(25-13(2)22)12-18-20(15)16-10-5-8-14(21(16)26-18)9-6-11-19(23)24-3/h4-5,7-8,10,15,17-18,20H,6,9,11-12H2,1-3H3/b7-4+/t15-,17+,18-,20-/m0/s1. The van der Waals surface area contributed by atoms with E-state index < -0.39 is 0 Å². The largest absolute Gasteiger partial charge is 0.489 e. The molecule has 140 valence electrons. The lowest BCUT2D eigenvalue weighted by Gasteiger charge is -2.20. The number of aryl methyl sites for hydroxylation is 1. The van der Waals surface area contributed by atoms with Crippen LogP contribution in [0, 0.1) is 5.92 Å². The fraction of sp³-hybridized carbons (Fsp3) is 0.524. The number of fused-ring (bicyclic) bond motifs is 3. The molecule has 0 aromatic heterocycles. The van der Waals surface area contributed by atoms with Crippen LogP contribution < -0.4 is 4.74 Å². The van der Waals surface area contributed by atoms with E-state index in [2.05, 4.69) is 18.2 Å². The second kappa shape index (κ2) is 7.94. The van der Waals surface area contributed by atoms with Crippen LogP contribution in [-0.2, 0) is 25.5 Å². The number of ether oxygens (including phenoxy) is 3. The Hall–Kier alpha value is -2.30. The van der Waals surface area contributed by atoms with E-state index in [4.69, 9.17) is 14.2 Å². The molecule has 2 aliphatic rings. The number of carbonyl (C=O) groups excluding carboxylic acids is 2. The molecular weight excluding hydrogens is 332 g/mol. The minimum atomic E-state index is -0.249. The summed E-state index contributed by atoms with van der Waals surface area (Å²) in [6.07, 6.45) is 6.64. The van der Waals surface area contributed by atoms with Crippen LogP contribution in [-0.4, -0.2) is 31.3 Å². The van der Waals surface area contributed by atoms with E-state index in [0.29, 0.717) is 12.8 Å². The highest BCUT2D eigenvalue weighted by Crippen LogP contribution is 2.52. The van der Waals surface area contributed by atoms with Crippen LogP contribution in [0.2, 0.25) is 0 Å². The van der Waals surface area contributed by atoms with Gasteiger partial charge in [0.25, 0.3) is 0 Å². The Balaban J connectivity index is 1.80. The number of rotatable bonds is 6. The zero-order valence-electron chi connectivity index (χ0n) is 15.6. The Morgan fingerprint density at radius 3 is 2.85 bits per heavy atom. The van der Waals surface area contributed by atoms with Gasteiger partial charge >= 0.3 is 11.9 Å². The first-order valence-electron chi connectivity index (χ1n) is 9.20. The highest BCUT2D eigenvalue weighted by atomic mass is 16.5. The first-order chi connectivity index (χ1) is 12.5. The van der Waals surface area contributed by atoms with Crippen molar-refractivity contribution in [3.05, 3.63) is 41.5 Å². The van der Waals surface area contributed by atoms with Gasteiger partial charge in [0, 0.05) is 37.2 Å². The molecule has 5 nitrogen and oxygen atoms in total. The molecule has 1 aromatic rings. The Kier molecular flexibility index (Phi) is 5.64. The first-order valence-corrected chi connectivity index (χ1v) is 9.20. The third-order valence-corrected chi connectivity index (χ3v) is 5.25. The van der Waals surface area contributed by atoms with Crippen molar-refractivity contribution in [3.8, 4) is 5.75 Å². The van der Waals surface area contributed by atoms with Crippen LogP contribution >= 0.6 is 0 Å². The molecule has 1 saturated carbocycles. The second-order valence-electron chi connectivity index (χ2n) is 6.93. The summed E-state index contributed by atoms with van der Waals surface area (Å²) in [6.45, 7) is 3.44. The van der Waals surface area contributed by atoms with Crippen LogP contribution in [0.1, 0.15) is 50.2 Å². The van der Waals surface area contributed by atoms with Crippen LogP contribution in [0.5, 0.6) is 5.75 Å². The molecule has 0 saturated heterocycles. The van der Waals surface area contributed by atoms with Crippen molar-refractivity contribution in [3.63, 3.8) is 0 Å². The smallest absolute Gasteiger partial charge is 0.305 e. The van der Waals surface area contributed by atoms with Gasteiger partial charge in [0.15, 0.2) is 0 Å². The lowest BCUT2D eigenvalue weighted by molar-refractivity contribution is -0.147. The van der Waals surface area contributed by atoms with E-state index in [1.54, 1.807) is 0 Å². The van der Waals surface area contributed by atoms with Gasteiger partial charge in [0.1, 0.15) is 18.0 Å². The molecule has 1 aromatic carbocycles. The van der Waals surface area contributed by atoms with E-state index in [0.717, 1.165) is 24.2 Å². The normalized spacial score (nSPS) is 26.3. The molecule has 3 rings (SSSR count). The average molecular weight is 358 g/mol. The molecule has 1 aliphatic carbocycles. The van der Waals surface area contributed by atoms with Gasteiger partial charge in [-0.15, -0.1) is 0 Å². The van der Waals surface area contributed by atoms with E-state index >= 15 is 0 Å². The Morgan fingerprint density at radius 1 is 1.35 bits per heavy atom. The van der Waals surface area contributed by atoms with Crippen LogP contribution in [0.4, 0.5) is 0 Å². The highest BCUT2D eigenvalue weighted by Gasteiger charge is 2.50. The molecule has 4 atom stereocenters. The quantitative estimate of drug-likeness (QED) is 0.575. The van der Waals surface area contributed by atoms with Gasteiger partial charge in [0.2, 0.25) is 0 Å². The molecule has 0 bridgehead atoms. The molecule has 1 heterocycles. The minimum absolute atomic E-state index is 0.0253. The summed E-state index contributed by atoms with van der Waals surface area (Å²) in [6, 6.07) is 6.21. The average Bonchev–Trinajstić information content (AvgIpc) is 3.12. The molecular formula is C21H26O5. The third-order valence-electron chi connectivity index (χ3n) is 5.25. The minimum Gasteiger partial charge on any atom is -0.489 e. The van der Waals surface area contributed by atoms with Gasteiger partial charge in [-0.25, -0.2) is 0 Å². The van der Waals surface area contributed by atoms with Crippen molar-refractivity contribution >= 4 is 11.9 Å².